The van der Waals surface area contributed by atoms with Gasteiger partial charge in [-0.15, -0.1) is 0 Å². The van der Waals surface area contributed by atoms with Gasteiger partial charge in [-0.3, -0.25) is 0 Å². The molecule has 0 heterocycles. The number of rotatable bonds is 14. The van der Waals surface area contributed by atoms with Crippen molar-refractivity contribution in [2.75, 3.05) is 6.61 Å². The van der Waals surface area contributed by atoms with Gasteiger partial charge in [-0.05, 0) is 91.9 Å². The predicted octanol–water partition coefficient (Wildman–Crippen LogP) is 4.76. The van der Waals surface area contributed by atoms with Crippen molar-refractivity contribution >= 4 is 41.8 Å². The molecular formula is C51H34O29. The highest BCUT2D eigenvalue weighted by atomic mass is 16.6. The number of carbonyl (C=O) groups excluding carboxylic acids is 7. The number of hydrogen-bond acceptors (Lipinski definition) is 29. The molecule has 7 aromatic carbocycles. The molecule has 0 spiro atoms. The molecule has 0 fully saturated rings. The summed E-state index contributed by atoms with van der Waals surface area (Å²) in [6, 6.07) is 8.78. The average molecular weight is 1110 g/mol. The van der Waals surface area contributed by atoms with Gasteiger partial charge in [0, 0.05) is 0 Å². The second-order valence-electron chi connectivity index (χ2n) is 16.0. The van der Waals surface area contributed by atoms with Crippen LogP contribution in [0, 0.1) is 0 Å². The first-order chi connectivity index (χ1) is 37.6. The second-order valence-corrected chi connectivity index (χ2v) is 16.0. The summed E-state index contributed by atoms with van der Waals surface area (Å²) in [7, 11) is 0. The van der Waals surface area contributed by atoms with Crippen molar-refractivity contribution in [3.8, 4) is 121 Å². The molecule has 412 valence electrons. The average Bonchev–Trinajstić information content (AvgIpc) is 3.46. The Bertz CT molecular complexity index is 3760. The van der Waals surface area contributed by atoms with Gasteiger partial charge >= 0.3 is 41.8 Å². The van der Waals surface area contributed by atoms with E-state index in [9.17, 15) is 110 Å². The standard InChI is InChI=1S/C51H34O29/c1-2-74-45(67)18-5-26(54)39(61)32(11-18)76-47(69)20-7-28(56)41(63)34(13-20)78-49(71)22-9-30(58)43(65)36(15-22)80-51(73)23-10-31(59)44(66)37(16-23)79-50(72)21-8-29(57)42(64)35(14-21)77-48(70)19-6-27(55)40(62)33(12-19)75-46(68)17-3-24(52)38(60)25(53)4-17/h3-16,52-66H,2H2,1H3. The molecule has 80 heavy (non-hydrogen) atoms. The van der Waals surface area contributed by atoms with Crippen LogP contribution in [0.1, 0.15) is 79.4 Å². The van der Waals surface area contributed by atoms with Crippen LogP contribution >= 0.6 is 0 Å². The normalized spacial score (nSPS) is 10.7. The van der Waals surface area contributed by atoms with Crippen LogP contribution in [0.25, 0.3) is 0 Å². The zero-order chi connectivity index (χ0) is 58.8. The van der Waals surface area contributed by atoms with E-state index >= 15 is 0 Å². The fourth-order valence-corrected chi connectivity index (χ4v) is 6.62. The van der Waals surface area contributed by atoms with Crippen molar-refractivity contribution in [3.05, 3.63) is 124 Å². The Morgan fingerprint density at radius 1 is 0.250 bits per heavy atom. The molecule has 0 unspecified atom stereocenters. The third kappa shape index (κ3) is 11.5. The molecule has 29 heteroatoms. The van der Waals surface area contributed by atoms with Crippen molar-refractivity contribution < 1.29 is 143 Å². The number of aromatic hydroxyl groups is 15. The van der Waals surface area contributed by atoms with Gasteiger partial charge in [0.05, 0.1) is 45.6 Å². The molecule has 29 nitrogen and oxygen atoms in total. The Morgan fingerprint density at radius 3 is 0.575 bits per heavy atom. The van der Waals surface area contributed by atoms with E-state index in [-0.39, 0.29) is 12.2 Å². The highest BCUT2D eigenvalue weighted by Crippen LogP contribution is 2.45. The maximum absolute atomic E-state index is 13.4. The Balaban J connectivity index is 1.06. The molecule has 0 amide bonds. The summed E-state index contributed by atoms with van der Waals surface area (Å²) < 4.78 is 35.1. The van der Waals surface area contributed by atoms with Crippen LogP contribution in [-0.4, -0.2) is 125 Å². The maximum atomic E-state index is 13.4. The topological polar surface area (TPSA) is 488 Å². The lowest BCUT2D eigenvalue weighted by Crippen LogP contribution is -2.14. The van der Waals surface area contributed by atoms with Gasteiger partial charge in [-0.25, -0.2) is 33.6 Å². The molecular weight excluding hydrogens is 1080 g/mol. The minimum atomic E-state index is -1.59. The van der Waals surface area contributed by atoms with E-state index in [0.29, 0.717) is 72.8 Å². The smallest absolute Gasteiger partial charge is 0.343 e. The molecule has 0 saturated carbocycles. The van der Waals surface area contributed by atoms with E-state index in [0.717, 1.165) is 12.1 Å². The number of carbonyl (C=O) groups is 7. The molecule has 0 bridgehead atoms. The summed E-state index contributed by atoms with van der Waals surface area (Å²) in [6.45, 7) is 1.39. The number of benzene rings is 7. The molecule has 15 N–H and O–H groups in total. The summed E-state index contributed by atoms with van der Waals surface area (Å²) in [4.78, 5) is 91.3. The number of phenols is 15. The Hall–Kier alpha value is -12.2. The molecule has 0 atom stereocenters. The van der Waals surface area contributed by atoms with E-state index in [4.69, 9.17) is 33.2 Å². The van der Waals surface area contributed by atoms with Crippen molar-refractivity contribution in [2.24, 2.45) is 0 Å². The number of ether oxygens (including phenoxy) is 7. The van der Waals surface area contributed by atoms with Crippen LogP contribution in [0.2, 0.25) is 0 Å². The third-order valence-corrected chi connectivity index (χ3v) is 10.5. The first kappa shape index (κ1) is 55.6. The number of esters is 7. The fourth-order valence-electron chi connectivity index (χ4n) is 6.62. The highest BCUT2D eigenvalue weighted by Gasteiger charge is 2.28. The highest BCUT2D eigenvalue weighted by molar-refractivity contribution is 6.00. The lowest BCUT2D eigenvalue weighted by molar-refractivity contribution is 0.0522. The molecule has 0 saturated heterocycles. The number of phenolic OH excluding ortho intramolecular Hbond substituents is 15. The Morgan fingerprint density at radius 2 is 0.400 bits per heavy atom. The van der Waals surface area contributed by atoms with Gasteiger partial charge in [-0.2, -0.15) is 0 Å². The zero-order valence-electron chi connectivity index (χ0n) is 39.7. The summed E-state index contributed by atoms with van der Waals surface area (Å²) >= 11 is 0. The van der Waals surface area contributed by atoms with E-state index in [1.165, 1.54) is 6.92 Å². The largest absolute Gasteiger partial charge is 0.504 e. The van der Waals surface area contributed by atoms with Crippen LogP contribution < -0.4 is 28.4 Å². The molecule has 0 aliphatic rings. The van der Waals surface area contributed by atoms with E-state index in [1.807, 2.05) is 0 Å². The van der Waals surface area contributed by atoms with Crippen molar-refractivity contribution in [1.29, 1.82) is 0 Å². The first-order valence-corrected chi connectivity index (χ1v) is 21.8. The number of hydrogen-bond donors (Lipinski definition) is 15. The van der Waals surface area contributed by atoms with Gasteiger partial charge in [0.15, 0.2) is 86.2 Å². The van der Waals surface area contributed by atoms with Gasteiger partial charge in [0.25, 0.3) is 0 Å². The summed E-state index contributed by atoms with van der Waals surface area (Å²) in [6.07, 6.45) is 0. The van der Waals surface area contributed by atoms with Crippen LogP contribution in [0.4, 0.5) is 0 Å². The van der Waals surface area contributed by atoms with Crippen molar-refractivity contribution in [1.82, 2.24) is 0 Å². The zero-order valence-corrected chi connectivity index (χ0v) is 39.7. The quantitative estimate of drug-likeness (QED) is 0.0396. The van der Waals surface area contributed by atoms with Crippen LogP contribution in [0.15, 0.2) is 84.9 Å². The molecule has 0 aliphatic carbocycles. The van der Waals surface area contributed by atoms with Crippen molar-refractivity contribution in [2.45, 2.75) is 6.92 Å². The Labute approximate surface area is 442 Å². The van der Waals surface area contributed by atoms with Crippen LogP contribution in [0.3, 0.4) is 0 Å². The fraction of sp³-hybridized carbons (Fsp3) is 0.0392. The van der Waals surface area contributed by atoms with Crippen LogP contribution in [0.5, 0.6) is 121 Å². The summed E-state index contributed by atoms with van der Waals surface area (Å²) in [5.41, 5.74) is -4.75. The summed E-state index contributed by atoms with van der Waals surface area (Å²) in [5, 5.41) is 154. The van der Waals surface area contributed by atoms with Gasteiger partial charge in [0.2, 0.25) is 34.5 Å². The van der Waals surface area contributed by atoms with E-state index in [1.54, 1.807) is 0 Å². The monoisotopic (exact) mass is 1110 g/mol. The van der Waals surface area contributed by atoms with Gasteiger partial charge < -0.3 is 110 Å². The third-order valence-electron chi connectivity index (χ3n) is 10.5. The molecule has 0 aromatic heterocycles. The molecule has 7 rings (SSSR count). The first-order valence-electron chi connectivity index (χ1n) is 21.8. The minimum Gasteiger partial charge on any atom is -0.504 e. The van der Waals surface area contributed by atoms with Crippen molar-refractivity contribution in [3.63, 3.8) is 0 Å². The lowest BCUT2D eigenvalue weighted by Gasteiger charge is -2.14. The maximum Gasteiger partial charge on any atom is 0.343 e. The lowest BCUT2D eigenvalue weighted by atomic mass is 10.1. The van der Waals surface area contributed by atoms with E-state index < -0.39 is 196 Å². The predicted molar refractivity (Wildman–Crippen MR) is 256 cm³/mol. The minimum absolute atomic E-state index is 0.0880. The Kier molecular flexibility index (Phi) is 15.3. The summed E-state index contributed by atoms with van der Waals surface area (Å²) in [5.74, 6) is -32.2. The van der Waals surface area contributed by atoms with Gasteiger partial charge in [-0.1, -0.05) is 0 Å². The SMILES string of the molecule is CCOC(=O)c1cc(O)c(O)c(OC(=O)c2cc(O)c(O)c(OC(=O)c3cc(O)c(O)c(OC(=O)c4cc(O)c(O)c(OC(=O)c5cc(O)c(O)c(OC(=O)c6cc(O)c(O)c(OC(=O)c7cc(O)c(O)c(O)c7)c6)c5)c4)c3)c2)c1. The molecule has 7 aromatic rings. The second kappa shape index (κ2) is 22.0. The molecule has 0 aliphatic heterocycles. The van der Waals surface area contributed by atoms with E-state index in [2.05, 4.69) is 0 Å². The van der Waals surface area contributed by atoms with Crippen LogP contribution in [-0.2, 0) is 4.74 Å². The van der Waals surface area contributed by atoms with Gasteiger partial charge in [0.1, 0.15) is 0 Å². The molecule has 0 radical (unpaired) electrons.